The summed E-state index contributed by atoms with van der Waals surface area (Å²) in [6.45, 7) is 0. The topological polar surface area (TPSA) is 49.3 Å². The number of carbonyl (C=O) groups excluding carboxylic acids is 1. The number of fused-ring (bicyclic) bond motifs is 1. The quantitative estimate of drug-likeness (QED) is 0.826. The van der Waals surface area contributed by atoms with E-state index in [9.17, 15) is 18.7 Å². The Labute approximate surface area is 107 Å². The van der Waals surface area contributed by atoms with E-state index in [0.717, 1.165) is 6.07 Å². The Morgan fingerprint density at radius 1 is 1.00 bits per heavy atom. The lowest BCUT2D eigenvalue weighted by molar-refractivity contribution is -0.129. The number of halogens is 2. The van der Waals surface area contributed by atoms with Crippen molar-refractivity contribution in [3.05, 3.63) is 65.2 Å². The molecule has 0 radical (unpaired) electrons. The molecule has 1 aliphatic heterocycles. The minimum absolute atomic E-state index is 0.213. The molecule has 1 amide bonds. The van der Waals surface area contributed by atoms with E-state index in [0.29, 0.717) is 5.69 Å². The van der Waals surface area contributed by atoms with Crippen LogP contribution in [0.3, 0.4) is 0 Å². The normalized spacial score (nSPS) is 21.1. The number of aliphatic hydroxyl groups is 1. The van der Waals surface area contributed by atoms with Crippen molar-refractivity contribution in [3.63, 3.8) is 0 Å². The molecule has 0 saturated heterocycles. The van der Waals surface area contributed by atoms with Gasteiger partial charge in [-0.3, -0.25) is 4.79 Å². The number of amides is 1. The van der Waals surface area contributed by atoms with E-state index < -0.39 is 28.7 Å². The number of hydrogen-bond donors (Lipinski definition) is 2. The van der Waals surface area contributed by atoms with Gasteiger partial charge >= 0.3 is 0 Å². The average Bonchev–Trinajstić information content (AvgIpc) is 2.66. The third-order valence-electron chi connectivity index (χ3n) is 3.24. The first-order valence-electron chi connectivity index (χ1n) is 5.63. The number of para-hydroxylation sites is 1. The van der Waals surface area contributed by atoms with Gasteiger partial charge in [-0.2, -0.15) is 0 Å². The number of anilines is 1. The Morgan fingerprint density at radius 3 is 2.47 bits per heavy atom. The molecule has 0 bridgehead atoms. The molecule has 0 saturated carbocycles. The predicted molar refractivity (Wildman–Crippen MR) is 64.4 cm³/mol. The van der Waals surface area contributed by atoms with Crippen molar-refractivity contribution in [3.8, 4) is 0 Å². The zero-order valence-corrected chi connectivity index (χ0v) is 9.65. The molecule has 3 nitrogen and oxygen atoms in total. The van der Waals surface area contributed by atoms with Gasteiger partial charge in [0.05, 0.1) is 0 Å². The van der Waals surface area contributed by atoms with Crippen LogP contribution >= 0.6 is 0 Å². The van der Waals surface area contributed by atoms with Crippen molar-refractivity contribution in [2.24, 2.45) is 0 Å². The highest BCUT2D eigenvalue weighted by Crippen LogP contribution is 2.41. The van der Waals surface area contributed by atoms with Gasteiger partial charge in [0.2, 0.25) is 0 Å². The second-order valence-electron chi connectivity index (χ2n) is 4.31. The lowest BCUT2D eigenvalue weighted by Gasteiger charge is -2.21. The third kappa shape index (κ3) is 1.48. The van der Waals surface area contributed by atoms with Gasteiger partial charge in [0.15, 0.2) is 17.2 Å². The van der Waals surface area contributed by atoms with Gasteiger partial charge < -0.3 is 10.4 Å². The highest BCUT2D eigenvalue weighted by Gasteiger charge is 2.48. The summed E-state index contributed by atoms with van der Waals surface area (Å²) in [6, 6.07) is 9.75. The van der Waals surface area contributed by atoms with E-state index in [-0.39, 0.29) is 5.56 Å². The SMILES string of the molecule is O=C1Nc2ccccc2C1(O)c1cccc(F)c1F. The summed E-state index contributed by atoms with van der Waals surface area (Å²) >= 11 is 0. The van der Waals surface area contributed by atoms with E-state index >= 15 is 0 Å². The van der Waals surface area contributed by atoms with Crippen LogP contribution in [0.1, 0.15) is 11.1 Å². The molecule has 1 unspecified atom stereocenters. The fraction of sp³-hybridized carbons (Fsp3) is 0.0714. The van der Waals surface area contributed by atoms with Crippen molar-refractivity contribution in [1.29, 1.82) is 0 Å². The molecule has 2 aromatic rings. The molecule has 1 heterocycles. The first-order chi connectivity index (χ1) is 9.05. The summed E-state index contributed by atoms with van der Waals surface area (Å²) in [5, 5.41) is 13.0. The van der Waals surface area contributed by atoms with Crippen LogP contribution in [0.2, 0.25) is 0 Å². The molecular weight excluding hydrogens is 252 g/mol. The summed E-state index contributed by atoms with van der Waals surface area (Å²) in [5.74, 6) is -3.13. The summed E-state index contributed by atoms with van der Waals surface area (Å²) in [5.41, 5.74) is -2.00. The first kappa shape index (κ1) is 11.8. The minimum Gasteiger partial charge on any atom is -0.372 e. The zero-order chi connectivity index (χ0) is 13.6. The van der Waals surface area contributed by atoms with Crippen LogP contribution in [0.15, 0.2) is 42.5 Å². The van der Waals surface area contributed by atoms with Crippen LogP contribution in [-0.4, -0.2) is 11.0 Å². The smallest absolute Gasteiger partial charge is 0.265 e. The van der Waals surface area contributed by atoms with Gasteiger partial charge in [0.25, 0.3) is 5.91 Å². The predicted octanol–water partition coefficient (Wildman–Crippen LogP) is 2.15. The molecule has 96 valence electrons. The molecule has 1 atom stereocenters. The molecule has 0 fully saturated rings. The summed E-state index contributed by atoms with van der Waals surface area (Å²) in [4.78, 5) is 12.0. The Bertz CT molecular complexity index is 687. The maximum absolute atomic E-state index is 13.9. The van der Waals surface area contributed by atoms with Gasteiger partial charge in [-0.25, -0.2) is 8.78 Å². The molecular formula is C14H9F2NO2. The molecule has 19 heavy (non-hydrogen) atoms. The number of rotatable bonds is 1. The van der Waals surface area contributed by atoms with Gasteiger partial charge in [0.1, 0.15) is 0 Å². The van der Waals surface area contributed by atoms with Crippen LogP contribution in [0, 0.1) is 11.6 Å². The van der Waals surface area contributed by atoms with Crippen molar-refractivity contribution >= 4 is 11.6 Å². The van der Waals surface area contributed by atoms with Crippen LogP contribution in [0.5, 0.6) is 0 Å². The Hall–Kier alpha value is -2.27. The molecule has 0 spiro atoms. The molecule has 2 aromatic carbocycles. The Morgan fingerprint density at radius 2 is 1.68 bits per heavy atom. The van der Waals surface area contributed by atoms with Gasteiger partial charge in [-0.05, 0) is 12.1 Å². The largest absolute Gasteiger partial charge is 0.372 e. The molecule has 0 aromatic heterocycles. The monoisotopic (exact) mass is 261 g/mol. The summed E-state index contributed by atoms with van der Waals surface area (Å²) < 4.78 is 27.1. The third-order valence-corrected chi connectivity index (χ3v) is 3.24. The van der Waals surface area contributed by atoms with Crippen LogP contribution in [-0.2, 0) is 10.4 Å². The second-order valence-corrected chi connectivity index (χ2v) is 4.31. The Balaban J connectivity index is 2.29. The van der Waals surface area contributed by atoms with Gasteiger partial charge in [0, 0.05) is 16.8 Å². The van der Waals surface area contributed by atoms with Crippen molar-refractivity contribution in [2.75, 3.05) is 5.32 Å². The van der Waals surface area contributed by atoms with Crippen LogP contribution < -0.4 is 5.32 Å². The lowest BCUT2D eigenvalue weighted by atomic mass is 9.87. The number of nitrogens with one attached hydrogen (secondary N) is 1. The van der Waals surface area contributed by atoms with Crippen LogP contribution in [0.25, 0.3) is 0 Å². The number of benzene rings is 2. The van der Waals surface area contributed by atoms with Crippen molar-refractivity contribution in [1.82, 2.24) is 0 Å². The number of carbonyl (C=O) groups is 1. The molecule has 5 heteroatoms. The van der Waals surface area contributed by atoms with E-state index in [1.54, 1.807) is 18.2 Å². The van der Waals surface area contributed by atoms with E-state index in [4.69, 9.17) is 0 Å². The Kier molecular flexibility index (Phi) is 2.40. The van der Waals surface area contributed by atoms with E-state index in [1.165, 1.54) is 18.2 Å². The number of hydrogen-bond acceptors (Lipinski definition) is 2. The molecule has 1 aliphatic rings. The molecule has 0 aliphatic carbocycles. The average molecular weight is 261 g/mol. The highest BCUT2D eigenvalue weighted by molar-refractivity contribution is 6.07. The highest BCUT2D eigenvalue weighted by atomic mass is 19.2. The fourth-order valence-electron chi connectivity index (χ4n) is 2.29. The van der Waals surface area contributed by atoms with Crippen molar-refractivity contribution < 1.29 is 18.7 Å². The molecule has 3 rings (SSSR count). The first-order valence-corrected chi connectivity index (χ1v) is 5.63. The summed E-state index contributed by atoms with van der Waals surface area (Å²) in [6.07, 6.45) is 0. The van der Waals surface area contributed by atoms with Gasteiger partial charge in [-0.1, -0.05) is 30.3 Å². The summed E-state index contributed by atoms with van der Waals surface area (Å²) in [7, 11) is 0. The van der Waals surface area contributed by atoms with Crippen LogP contribution in [0.4, 0.5) is 14.5 Å². The lowest BCUT2D eigenvalue weighted by Crippen LogP contribution is -2.36. The fourth-order valence-corrected chi connectivity index (χ4v) is 2.29. The van der Waals surface area contributed by atoms with Gasteiger partial charge in [-0.15, -0.1) is 0 Å². The maximum Gasteiger partial charge on any atom is 0.265 e. The second kappa shape index (κ2) is 3.86. The van der Waals surface area contributed by atoms with E-state index in [1.807, 2.05) is 0 Å². The molecule has 2 N–H and O–H groups in total. The standard InChI is InChI=1S/C14H9F2NO2/c15-10-6-3-5-9(12(10)16)14(19)8-4-1-2-7-11(8)17-13(14)18/h1-7,19H,(H,17,18). The van der Waals surface area contributed by atoms with E-state index in [2.05, 4.69) is 5.32 Å². The van der Waals surface area contributed by atoms with Crippen molar-refractivity contribution in [2.45, 2.75) is 5.60 Å². The minimum atomic E-state index is -2.21. The zero-order valence-electron chi connectivity index (χ0n) is 9.65. The maximum atomic E-state index is 13.9.